The zero-order chi connectivity index (χ0) is 15.2. The van der Waals surface area contributed by atoms with Crippen molar-refractivity contribution in [1.29, 1.82) is 0 Å². The molecule has 0 fully saturated rings. The number of halogens is 1. The van der Waals surface area contributed by atoms with E-state index in [-0.39, 0.29) is 19.4 Å². The number of carbonyl (C=O) groups excluding carboxylic acids is 1. The van der Waals surface area contributed by atoms with Crippen LogP contribution in [-0.4, -0.2) is 23.7 Å². The van der Waals surface area contributed by atoms with Gasteiger partial charge >= 0.3 is 11.9 Å². The van der Waals surface area contributed by atoms with Crippen LogP contribution in [0.2, 0.25) is 0 Å². The molecule has 0 amide bonds. The lowest BCUT2D eigenvalue weighted by Gasteiger charge is -2.27. The second kappa shape index (κ2) is 7.11. The molecule has 0 saturated carbocycles. The molecule has 5 heteroatoms. The minimum absolute atomic E-state index is 0.00583. The molecule has 1 N–H and O–H groups in total. The molecular weight excluding hydrogens is 324 g/mol. The van der Waals surface area contributed by atoms with Crippen LogP contribution in [0.25, 0.3) is 0 Å². The summed E-state index contributed by atoms with van der Waals surface area (Å²) in [6, 6.07) is 6.61. The summed E-state index contributed by atoms with van der Waals surface area (Å²) in [7, 11) is 0. The lowest BCUT2D eigenvalue weighted by atomic mass is 9.76. The third kappa shape index (κ3) is 3.20. The summed E-state index contributed by atoms with van der Waals surface area (Å²) < 4.78 is 5.64. The van der Waals surface area contributed by atoms with Crippen molar-refractivity contribution in [3.05, 3.63) is 34.3 Å². The molecule has 0 saturated heterocycles. The predicted molar refractivity (Wildman–Crippen MR) is 78.2 cm³/mol. The minimum Gasteiger partial charge on any atom is -0.480 e. The van der Waals surface area contributed by atoms with Gasteiger partial charge in [-0.25, -0.2) is 0 Å². The number of carboxylic acids is 1. The molecule has 20 heavy (non-hydrogen) atoms. The largest absolute Gasteiger partial charge is 0.480 e. The molecule has 0 radical (unpaired) electrons. The second-order valence-electron chi connectivity index (χ2n) is 4.15. The molecule has 1 unspecified atom stereocenters. The fourth-order valence-electron chi connectivity index (χ4n) is 1.95. The molecule has 1 atom stereocenters. The summed E-state index contributed by atoms with van der Waals surface area (Å²) in [5.41, 5.74) is -1.42. The van der Waals surface area contributed by atoms with Crippen LogP contribution >= 0.6 is 15.9 Å². The van der Waals surface area contributed by atoms with Crippen LogP contribution in [0.15, 0.2) is 28.7 Å². The van der Waals surface area contributed by atoms with E-state index in [1.165, 1.54) is 0 Å². The van der Waals surface area contributed by atoms with Crippen molar-refractivity contribution in [2.24, 2.45) is 0 Å². The number of hydrogen-bond donors (Lipinski definition) is 1. The fourth-order valence-corrected chi connectivity index (χ4v) is 2.35. The standard InChI is InChI=1S/C15H15BrO4/c1-3-5-9-15(13(17)18,14(19)20-4-2)11-7-6-8-12(16)10-11/h1,6-8,10H,4-5,9H2,2H3,(H,17,18). The highest BCUT2D eigenvalue weighted by Gasteiger charge is 2.49. The van der Waals surface area contributed by atoms with Crippen molar-refractivity contribution in [2.75, 3.05) is 6.61 Å². The summed E-state index contributed by atoms with van der Waals surface area (Å²) in [5, 5.41) is 9.61. The Morgan fingerprint density at radius 3 is 2.70 bits per heavy atom. The maximum Gasteiger partial charge on any atom is 0.328 e. The van der Waals surface area contributed by atoms with E-state index in [1.54, 1.807) is 31.2 Å². The van der Waals surface area contributed by atoms with Gasteiger partial charge in [0.05, 0.1) is 6.61 Å². The van der Waals surface area contributed by atoms with E-state index in [0.29, 0.717) is 10.0 Å². The zero-order valence-electron chi connectivity index (χ0n) is 11.1. The van der Waals surface area contributed by atoms with Gasteiger partial charge in [-0.2, -0.15) is 0 Å². The zero-order valence-corrected chi connectivity index (χ0v) is 12.6. The first-order valence-corrected chi connectivity index (χ1v) is 6.88. The van der Waals surface area contributed by atoms with Crippen molar-refractivity contribution in [2.45, 2.75) is 25.2 Å². The SMILES string of the molecule is C#CCCC(C(=O)O)(C(=O)OCC)c1cccc(Br)c1. The van der Waals surface area contributed by atoms with E-state index < -0.39 is 17.4 Å². The number of aliphatic carboxylic acids is 1. The van der Waals surface area contributed by atoms with Crippen LogP contribution in [-0.2, 0) is 19.7 Å². The van der Waals surface area contributed by atoms with Crippen molar-refractivity contribution in [3.63, 3.8) is 0 Å². The summed E-state index contributed by atoms with van der Waals surface area (Å²) in [5.74, 6) is 0.326. The Bertz CT molecular complexity index is 547. The van der Waals surface area contributed by atoms with E-state index in [9.17, 15) is 14.7 Å². The first kappa shape index (κ1) is 16.3. The maximum atomic E-state index is 12.2. The maximum absolute atomic E-state index is 12.2. The van der Waals surface area contributed by atoms with E-state index >= 15 is 0 Å². The summed E-state index contributed by atoms with van der Waals surface area (Å²) in [6.07, 6.45) is 5.37. The number of benzene rings is 1. The Kier molecular flexibility index (Phi) is 5.78. The van der Waals surface area contributed by atoms with Gasteiger partial charge in [-0.3, -0.25) is 9.59 Å². The number of carbonyl (C=O) groups is 2. The fraction of sp³-hybridized carbons (Fsp3) is 0.333. The van der Waals surface area contributed by atoms with Crippen LogP contribution in [0, 0.1) is 12.3 Å². The lowest BCUT2D eigenvalue weighted by molar-refractivity contribution is -0.162. The Balaban J connectivity index is 3.40. The first-order chi connectivity index (χ1) is 9.48. The third-order valence-corrected chi connectivity index (χ3v) is 3.44. The molecule has 0 bridgehead atoms. The number of esters is 1. The summed E-state index contributed by atoms with van der Waals surface area (Å²) in [4.78, 5) is 24.0. The Hall–Kier alpha value is -1.80. The van der Waals surface area contributed by atoms with Crippen LogP contribution < -0.4 is 0 Å². The van der Waals surface area contributed by atoms with E-state index in [4.69, 9.17) is 11.2 Å². The molecule has 0 aromatic heterocycles. The highest BCUT2D eigenvalue weighted by Crippen LogP contribution is 2.33. The Morgan fingerprint density at radius 2 is 2.20 bits per heavy atom. The smallest absolute Gasteiger partial charge is 0.328 e. The minimum atomic E-state index is -1.77. The molecule has 106 valence electrons. The van der Waals surface area contributed by atoms with E-state index in [1.807, 2.05) is 0 Å². The average Bonchev–Trinajstić information content (AvgIpc) is 2.39. The lowest BCUT2D eigenvalue weighted by Crippen LogP contribution is -2.45. The van der Waals surface area contributed by atoms with E-state index in [2.05, 4.69) is 21.9 Å². The molecule has 1 aromatic carbocycles. The van der Waals surface area contributed by atoms with Gasteiger partial charge in [0.2, 0.25) is 0 Å². The molecule has 0 spiro atoms. The van der Waals surface area contributed by atoms with Crippen LogP contribution in [0.5, 0.6) is 0 Å². The van der Waals surface area contributed by atoms with E-state index in [0.717, 1.165) is 0 Å². The number of hydrogen-bond acceptors (Lipinski definition) is 3. The Morgan fingerprint density at radius 1 is 1.50 bits per heavy atom. The van der Waals surface area contributed by atoms with Crippen molar-refractivity contribution < 1.29 is 19.4 Å². The molecular formula is C15H15BrO4. The highest BCUT2D eigenvalue weighted by atomic mass is 79.9. The first-order valence-electron chi connectivity index (χ1n) is 6.09. The van der Waals surface area contributed by atoms with Crippen molar-refractivity contribution in [3.8, 4) is 12.3 Å². The van der Waals surface area contributed by atoms with Gasteiger partial charge in [-0.05, 0) is 31.0 Å². The summed E-state index contributed by atoms with van der Waals surface area (Å²) in [6.45, 7) is 1.74. The number of terminal acetylenes is 1. The topological polar surface area (TPSA) is 63.6 Å². The van der Waals surface area contributed by atoms with Crippen LogP contribution in [0.4, 0.5) is 0 Å². The van der Waals surface area contributed by atoms with Crippen molar-refractivity contribution >= 4 is 27.9 Å². The summed E-state index contributed by atoms with van der Waals surface area (Å²) >= 11 is 3.27. The van der Waals surface area contributed by atoms with Crippen LogP contribution in [0.1, 0.15) is 25.3 Å². The monoisotopic (exact) mass is 338 g/mol. The second-order valence-corrected chi connectivity index (χ2v) is 5.06. The molecule has 0 aliphatic rings. The van der Waals surface area contributed by atoms with Gasteiger partial charge in [-0.15, -0.1) is 12.3 Å². The number of rotatable bonds is 6. The van der Waals surface area contributed by atoms with Gasteiger partial charge in [0.1, 0.15) is 0 Å². The molecule has 1 aromatic rings. The Labute approximate surface area is 126 Å². The average molecular weight is 339 g/mol. The predicted octanol–water partition coefficient (Wildman–Crippen LogP) is 2.75. The van der Waals surface area contributed by atoms with Gasteiger partial charge in [0.15, 0.2) is 5.41 Å². The molecule has 4 nitrogen and oxygen atoms in total. The van der Waals surface area contributed by atoms with Crippen molar-refractivity contribution in [1.82, 2.24) is 0 Å². The molecule has 0 heterocycles. The third-order valence-electron chi connectivity index (χ3n) is 2.95. The highest BCUT2D eigenvalue weighted by molar-refractivity contribution is 9.10. The quantitative estimate of drug-likeness (QED) is 0.492. The van der Waals surface area contributed by atoms with Gasteiger partial charge in [0, 0.05) is 10.9 Å². The van der Waals surface area contributed by atoms with Gasteiger partial charge in [0.25, 0.3) is 0 Å². The molecule has 0 aliphatic heterocycles. The number of ether oxygens (including phenoxy) is 1. The van der Waals surface area contributed by atoms with Gasteiger partial charge < -0.3 is 9.84 Å². The normalized spacial score (nSPS) is 13.1. The number of carboxylic acid groups (broad SMARTS) is 1. The van der Waals surface area contributed by atoms with Gasteiger partial charge in [-0.1, -0.05) is 28.1 Å². The molecule has 0 aliphatic carbocycles. The van der Waals surface area contributed by atoms with Crippen LogP contribution in [0.3, 0.4) is 0 Å². The molecule has 1 rings (SSSR count).